The number of hydrogen-bond acceptors (Lipinski definition) is 10. The molecule has 2 aromatic heterocycles. The molecule has 1 saturated heterocycles. The van der Waals surface area contributed by atoms with Gasteiger partial charge in [0.15, 0.2) is 0 Å². The minimum atomic E-state index is -1.75. The van der Waals surface area contributed by atoms with Crippen LogP contribution in [0.2, 0.25) is 0 Å². The van der Waals surface area contributed by atoms with E-state index in [9.17, 15) is 19.5 Å². The number of carbonyl (C=O) groups excluding carboxylic acids is 3. The maximum absolute atomic E-state index is 15.6. The van der Waals surface area contributed by atoms with Crippen molar-refractivity contribution in [2.24, 2.45) is 0 Å². The Labute approximate surface area is 217 Å². The van der Waals surface area contributed by atoms with E-state index in [1.54, 1.807) is 26.1 Å². The molecule has 2 N–H and O–H groups in total. The molecular weight excluding hydrogens is 497 g/mol. The van der Waals surface area contributed by atoms with Gasteiger partial charge >= 0.3 is 5.97 Å². The first kappa shape index (κ1) is 26.8. The van der Waals surface area contributed by atoms with Gasteiger partial charge in [0.1, 0.15) is 30.4 Å². The zero-order chi connectivity index (χ0) is 27.4. The number of anilines is 1. The highest BCUT2D eigenvalue weighted by Gasteiger charge is 2.41. The first-order chi connectivity index (χ1) is 18.1. The first-order valence-corrected chi connectivity index (χ1v) is 12.0. The lowest BCUT2D eigenvalue weighted by Crippen LogP contribution is -2.39. The number of halogens is 1. The number of imide groups is 1. The second kappa shape index (κ2) is 11.0. The summed E-state index contributed by atoms with van der Waals surface area (Å²) in [6, 6.07) is 2.79. The molecule has 3 aromatic rings. The molecular formula is C25H28FN7O5. The predicted octanol–water partition coefficient (Wildman–Crippen LogP) is 1.92. The molecule has 0 radical (unpaired) electrons. The van der Waals surface area contributed by atoms with Gasteiger partial charge in [0, 0.05) is 42.8 Å². The van der Waals surface area contributed by atoms with Gasteiger partial charge in [0.05, 0.1) is 18.7 Å². The van der Waals surface area contributed by atoms with E-state index in [0.717, 1.165) is 5.56 Å². The monoisotopic (exact) mass is 525 g/mol. The summed E-state index contributed by atoms with van der Waals surface area (Å²) in [4.78, 5) is 52.4. The Kier molecular flexibility index (Phi) is 7.76. The molecule has 2 amide bonds. The van der Waals surface area contributed by atoms with E-state index in [-0.39, 0.29) is 37.9 Å². The fraction of sp³-hybridized carbons (Fsp3) is 0.400. The number of aromatic nitrogens is 5. The molecule has 0 aliphatic carbocycles. The number of aryl methyl sites for hydroxylation is 2. The fourth-order valence-corrected chi connectivity index (χ4v) is 4.41. The average Bonchev–Trinajstić information content (AvgIpc) is 3.50. The highest BCUT2D eigenvalue weighted by Crippen LogP contribution is 2.41. The Bertz CT molecular complexity index is 1330. The quantitative estimate of drug-likeness (QED) is 0.376. The molecule has 1 aliphatic heterocycles. The number of hydrogen-bond donors (Lipinski definition) is 2. The zero-order valence-electron chi connectivity index (χ0n) is 21.2. The highest BCUT2D eigenvalue weighted by molar-refractivity contribution is 6.01. The summed E-state index contributed by atoms with van der Waals surface area (Å²) in [7, 11) is 0. The van der Waals surface area contributed by atoms with Crippen LogP contribution in [-0.4, -0.2) is 59.2 Å². The van der Waals surface area contributed by atoms with Crippen LogP contribution in [0.3, 0.4) is 0 Å². The van der Waals surface area contributed by atoms with Crippen LogP contribution in [0.4, 0.5) is 10.1 Å². The Balaban J connectivity index is 1.53. The number of nitrogens with one attached hydrogen (secondary N) is 1. The van der Waals surface area contributed by atoms with Crippen molar-refractivity contribution < 1.29 is 28.7 Å². The lowest BCUT2D eigenvalue weighted by molar-refractivity contribution is -0.197. The second-order valence-corrected chi connectivity index (χ2v) is 9.20. The zero-order valence-corrected chi connectivity index (χ0v) is 21.2. The second-order valence-electron chi connectivity index (χ2n) is 9.20. The number of nitrogens with zero attached hydrogens (tertiary/aromatic N) is 6. The van der Waals surface area contributed by atoms with E-state index in [2.05, 4.69) is 25.4 Å². The Morgan fingerprint density at radius 3 is 2.58 bits per heavy atom. The van der Waals surface area contributed by atoms with Crippen molar-refractivity contribution in [1.29, 1.82) is 0 Å². The molecule has 1 aromatic carbocycles. The maximum Gasteiger partial charge on any atom is 0.334 e. The third-order valence-electron chi connectivity index (χ3n) is 6.56. The highest BCUT2D eigenvalue weighted by atomic mass is 19.1. The van der Waals surface area contributed by atoms with Gasteiger partial charge in [-0.2, -0.15) is 5.10 Å². The van der Waals surface area contributed by atoms with Gasteiger partial charge in [-0.1, -0.05) is 6.92 Å². The van der Waals surface area contributed by atoms with E-state index >= 15 is 4.39 Å². The standard InChI is InChI=1S/C25H28FN7O5/c1-15-8-18(19(26)9-20(15)29-7-6-23(36)38-33-21(34)4-5-22(33)35)25(37,11-32-14-28-13-31-32)17(3)24-16(2)10-27-12-30-24/h8-10,12-14,17,29,37H,4-7,11H2,1-3H3/t17-,25+/m0/s1. The minimum Gasteiger partial charge on any atom is -0.384 e. The van der Waals surface area contributed by atoms with Crippen LogP contribution in [0, 0.1) is 19.7 Å². The summed E-state index contributed by atoms with van der Waals surface area (Å²) < 4.78 is 17.0. The van der Waals surface area contributed by atoms with E-state index in [1.807, 2.05) is 6.92 Å². The molecule has 13 heteroatoms. The Hall–Kier alpha value is -4.26. The first-order valence-electron chi connectivity index (χ1n) is 12.0. The number of benzene rings is 1. The fourth-order valence-electron chi connectivity index (χ4n) is 4.41. The number of hydroxylamine groups is 2. The largest absolute Gasteiger partial charge is 0.384 e. The van der Waals surface area contributed by atoms with Gasteiger partial charge in [-0.3, -0.25) is 9.59 Å². The smallest absolute Gasteiger partial charge is 0.334 e. The van der Waals surface area contributed by atoms with Gasteiger partial charge in [-0.15, -0.1) is 5.06 Å². The molecule has 1 aliphatic rings. The van der Waals surface area contributed by atoms with Crippen LogP contribution in [0.25, 0.3) is 0 Å². The predicted molar refractivity (Wildman–Crippen MR) is 131 cm³/mol. The Morgan fingerprint density at radius 1 is 1.18 bits per heavy atom. The Morgan fingerprint density at radius 2 is 1.92 bits per heavy atom. The van der Waals surface area contributed by atoms with Gasteiger partial charge in [-0.05, 0) is 37.1 Å². The number of aliphatic hydroxyl groups is 1. The average molecular weight is 526 g/mol. The van der Waals surface area contributed by atoms with Crippen LogP contribution >= 0.6 is 0 Å². The molecule has 1 fully saturated rings. The van der Waals surface area contributed by atoms with Gasteiger partial charge in [0.2, 0.25) is 0 Å². The van der Waals surface area contributed by atoms with Crippen molar-refractivity contribution in [2.75, 3.05) is 11.9 Å². The number of rotatable bonds is 10. The van der Waals surface area contributed by atoms with Crippen molar-refractivity contribution in [2.45, 2.75) is 58.1 Å². The summed E-state index contributed by atoms with van der Waals surface area (Å²) in [5, 5.41) is 19.5. The van der Waals surface area contributed by atoms with Crippen molar-refractivity contribution in [1.82, 2.24) is 29.8 Å². The summed E-state index contributed by atoms with van der Waals surface area (Å²) in [6.07, 6.45) is 5.62. The minimum absolute atomic E-state index is 0.00779. The van der Waals surface area contributed by atoms with E-state index in [1.165, 1.54) is 29.7 Å². The molecule has 38 heavy (non-hydrogen) atoms. The molecule has 12 nitrogen and oxygen atoms in total. The SMILES string of the molecule is Cc1cc([C@@](O)(Cn2cncn2)[C@@H](C)c2ncncc2C)c(F)cc1NCCC(=O)ON1C(=O)CCC1=O. The molecule has 0 unspecified atom stereocenters. The van der Waals surface area contributed by atoms with Crippen molar-refractivity contribution in [3.8, 4) is 0 Å². The molecule has 0 spiro atoms. The molecule has 4 rings (SSSR count). The van der Waals surface area contributed by atoms with Crippen LogP contribution in [-0.2, 0) is 31.4 Å². The summed E-state index contributed by atoms with van der Waals surface area (Å²) >= 11 is 0. The van der Waals surface area contributed by atoms with Crippen LogP contribution < -0.4 is 5.32 Å². The maximum atomic E-state index is 15.6. The lowest BCUT2D eigenvalue weighted by atomic mass is 9.78. The number of carbonyl (C=O) groups is 3. The topological polar surface area (TPSA) is 152 Å². The van der Waals surface area contributed by atoms with Crippen molar-refractivity contribution in [3.63, 3.8) is 0 Å². The van der Waals surface area contributed by atoms with E-state index < -0.39 is 35.1 Å². The van der Waals surface area contributed by atoms with Crippen LogP contribution in [0.5, 0.6) is 0 Å². The third kappa shape index (κ3) is 5.52. The molecule has 200 valence electrons. The lowest BCUT2D eigenvalue weighted by Gasteiger charge is -2.35. The summed E-state index contributed by atoms with van der Waals surface area (Å²) in [5.41, 5.74) is 0.627. The molecule has 0 bridgehead atoms. The van der Waals surface area contributed by atoms with Gasteiger partial charge < -0.3 is 15.3 Å². The van der Waals surface area contributed by atoms with E-state index in [4.69, 9.17) is 4.84 Å². The summed E-state index contributed by atoms with van der Waals surface area (Å²) in [6.45, 7) is 5.29. The van der Waals surface area contributed by atoms with Gasteiger partial charge in [0.25, 0.3) is 11.8 Å². The van der Waals surface area contributed by atoms with Crippen LogP contribution in [0.1, 0.15) is 54.5 Å². The van der Waals surface area contributed by atoms with Crippen molar-refractivity contribution >= 4 is 23.5 Å². The van der Waals surface area contributed by atoms with Crippen LogP contribution in [0.15, 0.2) is 37.3 Å². The van der Waals surface area contributed by atoms with E-state index in [0.29, 0.717) is 22.0 Å². The molecule has 3 heterocycles. The number of amides is 2. The van der Waals surface area contributed by atoms with Gasteiger partial charge in [-0.25, -0.2) is 28.8 Å². The van der Waals surface area contributed by atoms with Crippen molar-refractivity contribution in [3.05, 3.63) is 65.5 Å². The normalized spacial score (nSPS) is 15.9. The third-order valence-corrected chi connectivity index (χ3v) is 6.56. The summed E-state index contributed by atoms with van der Waals surface area (Å²) in [5.74, 6) is -3.21. The molecule has 2 atom stereocenters. The molecule has 0 saturated carbocycles.